The Balaban J connectivity index is 3.51. The maximum Gasteiger partial charge on any atom is 0.314 e. The molecule has 0 saturated heterocycles. The first kappa shape index (κ1) is 54.1. The molecule has 0 aromatic heterocycles. The van der Waals surface area contributed by atoms with E-state index in [0.29, 0.717) is 151 Å². The van der Waals surface area contributed by atoms with Crippen LogP contribution in [0.25, 0.3) is 0 Å². The van der Waals surface area contributed by atoms with Crippen LogP contribution in [0.3, 0.4) is 0 Å². The van der Waals surface area contributed by atoms with Gasteiger partial charge in [0.1, 0.15) is 0 Å². The molecule has 0 aliphatic carbocycles. The minimum Gasteiger partial charge on any atom is -0.439 e. The summed E-state index contributed by atoms with van der Waals surface area (Å²) in [7, 11) is -5.49. The van der Waals surface area contributed by atoms with Crippen LogP contribution in [-0.4, -0.2) is 183 Å². The summed E-state index contributed by atoms with van der Waals surface area (Å²) in [4.78, 5) is 0. The van der Waals surface area contributed by atoms with Gasteiger partial charge in [0.15, 0.2) is 17.4 Å². The van der Waals surface area contributed by atoms with Crippen LogP contribution in [-0.2, 0) is 60.3 Å². The van der Waals surface area contributed by atoms with E-state index in [1.807, 2.05) is 0 Å². The van der Waals surface area contributed by atoms with Gasteiger partial charge >= 0.3 is 8.56 Å². The Labute approximate surface area is 332 Å². The van der Waals surface area contributed by atoms with Gasteiger partial charge < -0.3 is 65.4 Å². The Bertz CT molecular complexity index is 798. The summed E-state index contributed by atoms with van der Waals surface area (Å²) in [5.74, 6) is 0.635. The van der Waals surface area contributed by atoms with Crippen molar-refractivity contribution in [3.63, 3.8) is 0 Å². The summed E-state index contributed by atoms with van der Waals surface area (Å²) in [6.45, 7) is 32.0. The summed E-state index contributed by atoms with van der Waals surface area (Å²) >= 11 is 0. The zero-order chi connectivity index (χ0) is 40.2. The molecule has 0 aromatic rings. The number of ether oxygens (including phenoxy) is 11. The van der Waals surface area contributed by atoms with E-state index in [9.17, 15) is 0 Å². The average molecular weight is 835 g/mol. The molecule has 0 rings (SSSR count). The fraction of sp³-hybridized carbons (Fsp3) is 1.00. The first-order chi connectivity index (χ1) is 25.8. The van der Waals surface area contributed by atoms with Crippen molar-refractivity contribution in [2.24, 2.45) is 5.92 Å². The summed E-state index contributed by atoms with van der Waals surface area (Å²) in [6.07, 6.45) is 0.942. The van der Waals surface area contributed by atoms with Crippen LogP contribution in [0.15, 0.2) is 0 Å². The molecule has 2 atom stereocenters. The van der Waals surface area contributed by atoms with Gasteiger partial charge in [-0.3, -0.25) is 0 Å². The molecule has 0 radical (unpaired) electrons. The lowest BCUT2D eigenvalue weighted by Crippen LogP contribution is -2.52. The van der Waals surface area contributed by atoms with Crippen LogP contribution >= 0.6 is 0 Å². The monoisotopic (exact) mass is 835 g/mol. The van der Waals surface area contributed by atoms with Crippen molar-refractivity contribution >= 4 is 25.9 Å². The number of aliphatic hydroxyl groups excluding tert-OH is 1. The van der Waals surface area contributed by atoms with Gasteiger partial charge in [-0.2, -0.15) is 0 Å². The van der Waals surface area contributed by atoms with Crippen molar-refractivity contribution in [2.45, 2.75) is 84.4 Å². The van der Waals surface area contributed by atoms with Gasteiger partial charge in [0.05, 0.1) is 145 Å². The minimum absolute atomic E-state index is 0.0251. The van der Waals surface area contributed by atoms with Gasteiger partial charge in [-0.1, -0.05) is 34.6 Å². The molecule has 54 heavy (non-hydrogen) atoms. The Morgan fingerprint density at radius 2 is 0.759 bits per heavy atom. The normalized spacial score (nSPS) is 14.3. The van der Waals surface area contributed by atoms with Crippen molar-refractivity contribution in [3.05, 3.63) is 0 Å². The van der Waals surface area contributed by atoms with E-state index in [0.717, 1.165) is 18.5 Å². The maximum absolute atomic E-state index is 8.60. The van der Waals surface area contributed by atoms with E-state index in [1.54, 1.807) is 0 Å². The van der Waals surface area contributed by atoms with Crippen molar-refractivity contribution in [3.8, 4) is 0 Å². The van der Waals surface area contributed by atoms with Crippen LogP contribution in [0.4, 0.5) is 0 Å². The van der Waals surface area contributed by atoms with Crippen LogP contribution in [0.2, 0.25) is 43.3 Å². The average Bonchev–Trinajstić information content (AvgIpc) is 3.08. The van der Waals surface area contributed by atoms with E-state index in [1.165, 1.54) is 0 Å². The fourth-order valence-electron chi connectivity index (χ4n) is 5.16. The summed E-state index contributed by atoms with van der Waals surface area (Å²) < 4.78 is 74.3. The summed E-state index contributed by atoms with van der Waals surface area (Å²) in [5, 5.41) is 8.81. The zero-order valence-electron chi connectivity index (χ0n) is 35.8. The van der Waals surface area contributed by atoms with Crippen molar-refractivity contribution in [2.75, 3.05) is 152 Å². The molecule has 0 aliphatic rings. The molecule has 0 aromatic carbocycles. The van der Waals surface area contributed by atoms with Crippen molar-refractivity contribution in [1.82, 2.24) is 0 Å². The second-order valence-electron chi connectivity index (χ2n) is 15.3. The first-order valence-electron chi connectivity index (χ1n) is 20.2. The topological polar surface area (TPSA) is 140 Å². The maximum atomic E-state index is 8.60. The standard InChI is InChI=1S/C37H82O14Si3/c1-36(2)35-53(7,8)51-54(9,50-52(6)37(3,4)5)34-10-12-39-14-16-41-18-20-43-22-24-45-26-28-47-30-32-49-33-31-48-29-27-46-25-23-44-21-19-42-17-15-40-13-11-38/h36,38,52H,10-35H2,1-9H3. The second kappa shape index (κ2) is 36.2. The molecular formula is C37H82O14Si3. The molecule has 0 fully saturated rings. The Kier molecular flexibility index (Phi) is 36.3. The first-order valence-corrected chi connectivity index (χ1v) is 28.0. The number of aliphatic hydroxyl groups is 1. The zero-order valence-corrected chi connectivity index (χ0v) is 38.9. The largest absolute Gasteiger partial charge is 0.439 e. The van der Waals surface area contributed by atoms with Gasteiger partial charge in [0.2, 0.25) is 0 Å². The summed E-state index contributed by atoms with van der Waals surface area (Å²) in [5.41, 5.74) is 0. The smallest absolute Gasteiger partial charge is 0.314 e. The van der Waals surface area contributed by atoms with E-state index in [2.05, 4.69) is 60.8 Å². The predicted molar refractivity (Wildman–Crippen MR) is 219 cm³/mol. The van der Waals surface area contributed by atoms with Gasteiger partial charge in [-0.15, -0.1) is 0 Å². The van der Waals surface area contributed by atoms with E-state index in [4.69, 9.17) is 65.4 Å². The molecule has 0 saturated carbocycles. The minimum atomic E-state index is -2.29. The highest BCUT2D eigenvalue weighted by Crippen LogP contribution is 2.33. The molecule has 326 valence electrons. The molecule has 1 N–H and O–H groups in total. The Morgan fingerprint density at radius 1 is 0.481 bits per heavy atom. The quantitative estimate of drug-likeness (QED) is 0.0673. The molecular weight excluding hydrogens is 753 g/mol. The Morgan fingerprint density at radius 3 is 1.02 bits per heavy atom. The van der Waals surface area contributed by atoms with Crippen molar-refractivity contribution in [1.29, 1.82) is 0 Å². The molecule has 14 nitrogen and oxygen atoms in total. The van der Waals surface area contributed by atoms with E-state index < -0.39 is 25.9 Å². The van der Waals surface area contributed by atoms with Crippen molar-refractivity contribution < 1.29 is 65.4 Å². The van der Waals surface area contributed by atoms with Gasteiger partial charge in [-0.05, 0) is 55.7 Å². The number of hydrogen-bond donors (Lipinski definition) is 1. The fourth-order valence-corrected chi connectivity index (χ4v) is 18.8. The molecule has 0 amide bonds. The lowest BCUT2D eigenvalue weighted by Gasteiger charge is -2.41. The summed E-state index contributed by atoms with van der Waals surface area (Å²) in [6, 6.07) is 2.12. The third-order valence-electron chi connectivity index (χ3n) is 7.91. The van der Waals surface area contributed by atoms with E-state index >= 15 is 0 Å². The Hall–Kier alpha value is 0.0906. The molecule has 0 bridgehead atoms. The number of rotatable bonds is 42. The SMILES string of the molecule is CC(C)C[Si](C)(C)O[Si](C)(CCCOCCOCCOCCOCCOCCOCCOCCOCCOCCOCCOCCO)O[SiH](C)C(C)(C)C. The molecule has 0 aliphatic heterocycles. The molecule has 17 heteroatoms. The van der Waals surface area contributed by atoms with Crippen LogP contribution in [0.5, 0.6) is 0 Å². The highest BCUT2D eigenvalue weighted by Gasteiger charge is 2.41. The third kappa shape index (κ3) is 37.7. The van der Waals surface area contributed by atoms with Crippen LogP contribution in [0, 0.1) is 5.92 Å². The lowest BCUT2D eigenvalue weighted by molar-refractivity contribution is -0.0278. The van der Waals surface area contributed by atoms with Gasteiger partial charge in [0.25, 0.3) is 0 Å². The highest BCUT2D eigenvalue weighted by atomic mass is 28.5. The molecule has 0 spiro atoms. The van der Waals surface area contributed by atoms with Gasteiger partial charge in [0, 0.05) is 6.61 Å². The van der Waals surface area contributed by atoms with Crippen LogP contribution < -0.4 is 0 Å². The highest BCUT2D eigenvalue weighted by molar-refractivity contribution is 6.85. The molecule has 0 heterocycles. The van der Waals surface area contributed by atoms with E-state index in [-0.39, 0.29) is 11.6 Å². The predicted octanol–water partition coefficient (Wildman–Crippen LogP) is 4.67. The third-order valence-corrected chi connectivity index (χ3v) is 20.8. The van der Waals surface area contributed by atoms with Gasteiger partial charge in [-0.25, -0.2) is 0 Å². The lowest BCUT2D eigenvalue weighted by atomic mass is 10.3. The molecule has 2 unspecified atom stereocenters. The second-order valence-corrected chi connectivity index (χ2v) is 26.8. The van der Waals surface area contributed by atoms with Crippen LogP contribution in [0.1, 0.15) is 41.0 Å². The number of hydrogen-bond acceptors (Lipinski definition) is 14.